The molecular formula is C7H13N3O3. The van der Waals surface area contributed by atoms with Crippen LogP contribution in [0, 0.1) is 0 Å². The molecule has 3 atom stereocenters. The van der Waals surface area contributed by atoms with Gasteiger partial charge in [0.2, 0.25) is 0 Å². The van der Waals surface area contributed by atoms with E-state index < -0.39 is 12.4 Å². The molecule has 1 fully saturated rings. The Labute approximate surface area is 75.8 Å². The van der Waals surface area contributed by atoms with E-state index in [1.54, 1.807) is 0 Å². The van der Waals surface area contributed by atoms with Gasteiger partial charge in [-0.25, -0.2) is 0 Å². The molecule has 2 N–H and O–H groups in total. The largest absolute Gasteiger partial charge is 0.393 e. The van der Waals surface area contributed by atoms with Crippen LogP contribution in [0.4, 0.5) is 0 Å². The van der Waals surface area contributed by atoms with Crippen LogP contribution in [0.5, 0.6) is 0 Å². The lowest BCUT2D eigenvalue weighted by molar-refractivity contribution is -0.189. The van der Waals surface area contributed by atoms with Crippen LogP contribution < -0.4 is 0 Å². The van der Waals surface area contributed by atoms with Crippen molar-refractivity contribution in [2.24, 2.45) is 5.11 Å². The summed E-state index contributed by atoms with van der Waals surface area (Å²) in [6.45, 7) is 0.334. The number of rotatable bonds is 3. The first-order valence-corrected chi connectivity index (χ1v) is 4.25. The van der Waals surface area contributed by atoms with E-state index in [0.29, 0.717) is 19.4 Å². The molecule has 1 aliphatic rings. The van der Waals surface area contributed by atoms with E-state index >= 15 is 0 Å². The highest BCUT2D eigenvalue weighted by molar-refractivity contribution is 4.73. The summed E-state index contributed by atoms with van der Waals surface area (Å²) >= 11 is 0. The van der Waals surface area contributed by atoms with Gasteiger partial charge in [0.05, 0.1) is 12.2 Å². The van der Waals surface area contributed by atoms with Gasteiger partial charge >= 0.3 is 0 Å². The maximum absolute atomic E-state index is 9.26. The van der Waals surface area contributed by atoms with Crippen molar-refractivity contribution < 1.29 is 14.9 Å². The Morgan fingerprint density at radius 2 is 2.23 bits per heavy atom. The molecule has 1 saturated heterocycles. The zero-order chi connectivity index (χ0) is 9.68. The van der Waals surface area contributed by atoms with Crippen LogP contribution in [-0.4, -0.2) is 35.3 Å². The van der Waals surface area contributed by atoms with Crippen LogP contribution in [0.25, 0.3) is 10.4 Å². The molecule has 1 heterocycles. The first-order chi connectivity index (χ1) is 6.22. The summed E-state index contributed by atoms with van der Waals surface area (Å²) in [5.41, 5.74) is 8.02. The van der Waals surface area contributed by atoms with Gasteiger partial charge in [0.15, 0.2) is 6.29 Å². The monoisotopic (exact) mass is 187 g/mol. The van der Waals surface area contributed by atoms with Crippen molar-refractivity contribution in [2.75, 3.05) is 6.54 Å². The number of azide groups is 1. The van der Waals surface area contributed by atoms with Gasteiger partial charge in [-0.05, 0) is 18.4 Å². The van der Waals surface area contributed by atoms with Gasteiger partial charge in [-0.1, -0.05) is 5.11 Å². The average molecular weight is 187 g/mol. The van der Waals surface area contributed by atoms with Gasteiger partial charge in [-0.15, -0.1) is 0 Å². The lowest BCUT2D eigenvalue weighted by atomic mass is 10.0. The van der Waals surface area contributed by atoms with Crippen molar-refractivity contribution in [2.45, 2.75) is 37.8 Å². The Bertz CT molecular complexity index is 195. The molecule has 1 aliphatic heterocycles. The first kappa shape index (κ1) is 10.3. The van der Waals surface area contributed by atoms with E-state index in [-0.39, 0.29) is 12.5 Å². The van der Waals surface area contributed by atoms with E-state index in [1.165, 1.54) is 0 Å². The van der Waals surface area contributed by atoms with E-state index in [0.717, 1.165) is 0 Å². The first-order valence-electron chi connectivity index (χ1n) is 4.25. The minimum Gasteiger partial charge on any atom is -0.393 e. The molecule has 6 nitrogen and oxygen atoms in total. The topological polar surface area (TPSA) is 98.5 Å². The fourth-order valence-electron chi connectivity index (χ4n) is 1.40. The van der Waals surface area contributed by atoms with Crippen LogP contribution in [0.1, 0.15) is 19.3 Å². The SMILES string of the molecule is [N-]=[N+]=NCC[C@@H]1C[C@@H](O)CC(O)O1. The van der Waals surface area contributed by atoms with E-state index in [1.807, 2.05) is 0 Å². The molecule has 0 aromatic rings. The fraction of sp³-hybridized carbons (Fsp3) is 1.00. The highest BCUT2D eigenvalue weighted by atomic mass is 16.6. The third-order valence-corrected chi connectivity index (χ3v) is 1.97. The highest BCUT2D eigenvalue weighted by Gasteiger charge is 2.26. The molecule has 0 spiro atoms. The lowest BCUT2D eigenvalue weighted by Crippen LogP contribution is -2.35. The smallest absolute Gasteiger partial charge is 0.157 e. The molecule has 0 aromatic carbocycles. The van der Waals surface area contributed by atoms with Crippen molar-refractivity contribution in [3.63, 3.8) is 0 Å². The number of ether oxygens (including phenoxy) is 1. The summed E-state index contributed by atoms with van der Waals surface area (Å²) < 4.78 is 5.12. The summed E-state index contributed by atoms with van der Waals surface area (Å²) in [6, 6.07) is 0. The quantitative estimate of drug-likeness (QED) is 0.383. The number of hydrogen-bond donors (Lipinski definition) is 2. The molecule has 0 radical (unpaired) electrons. The molecule has 0 aliphatic carbocycles. The van der Waals surface area contributed by atoms with Gasteiger partial charge in [0.25, 0.3) is 0 Å². The Morgan fingerprint density at radius 3 is 2.85 bits per heavy atom. The van der Waals surface area contributed by atoms with Gasteiger partial charge < -0.3 is 14.9 Å². The zero-order valence-electron chi connectivity index (χ0n) is 7.20. The Morgan fingerprint density at radius 1 is 1.46 bits per heavy atom. The predicted octanol–water partition coefficient (Wildman–Crippen LogP) is 0.545. The molecule has 0 amide bonds. The molecule has 0 aromatic heterocycles. The van der Waals surface area contributed by atoms with E-state index in [4.69, 9.17) is 15.4 Å². The second-order valence-corrected chi connectivity index (χ2v) is 3.08. The summed E-state index contributed by atoms with van der Waals surface area (Å²) in [5, 5.41) is 21.7. The molecule has 6 heteroatoms. The van der Waals surface area contributed by atoms with E-state index in [2.05, 4.69) is 10.0 Å². The van der Waals surface area contributed by atoms with Crippen molar-refractivity contribution in [1.82, 2.24) is 0 Å². The Hall–Kier alpha value is -0.810. The number of aliphatic hydroxyl groups excluding tert-OH is 2. The number of aliphatic hydroxyl groups is 2. The second kappa shape index (κ2) is 5.04. The minimum atomic E-state index is -0.889. The Kier molecular flexibility index (Phi) is 3.98. The van der Waals surface area contributed by atoms with Crippen LogP contribution >= 0.6 is 0 Å². The molecule has 13 heavy (non-hydrogen) atoms. The summed E-state index contributed by atoms with van der Waals surface area (Å²) in [5.74, 6) is 0. The van der Waals surface area contributed by atoms with Crippen LogP contribution in [0.15, 0.2) is 5.11 Å². The third kappa shape index (κ3) is 3.61. The average Bonchev–Trinajstić information content (AvgIpc) is 2.03. The maximum atomic E-state index is 9.26. The van der Waals surface area contributed by atoms with Gasteiger partial charge in [0, 0.05) is 17.9 Å². The van der Waals surface area contributed by atoms with Gasteiger partial charge in [-0.3, -0.25) is 0 Å². The van der Waals surface area contributed by atoms with Crippen molar-refractivity contribution >= 4 is 0 Å². The highest BCUT2D eigenvalue weighted by Crippen LogP contribution is 2.20. The van der Waals surface area contributed by atoms with Crippen LogP contribution in [0.2, 0.25) is 0 Å². The minimum absolute atomic E-state index is 0.204. The van der Waals surface area contributed by atoms with Crippen molar-refractivity contribution in [1.29, 1.82) is 0 Å². The normalized spacial score (nSPS) is 33.8. The second-order valence-electron chi connectivity index (χ2n) is 3.08. The maximum Gasteiger partial charge on any atom is 0.157 e. The van der Waals surface area contributed by atoms with Gasteiger partial charge in [0.1, 0.15) is 0 Å². The van der Waals surface area contributed by atoms with Crippen molar-refractivity contribution in [3.05, 3.63) is 10.4 Å². The lowest BCUT2D eigenvalue weighted by Gasteiger charge is -2.29. The van der Waals surface area contributed by atoms with Crippen LogP contribution in [-0.2, 0) is 4.74 Å². The molecule has 74 valence electrons. The standard InChI is InChI=1S/C7H13N3O3/c8-10-9-2-1-6-3-5(11)4-7(12)13-6/h5-7,11-12H,1-4H2/t5-,6-,7?/m1/s1. The fourth-order valence-corrected chi connectivity index (χ4v) is 1.40. The van der Waals surface area contributed by atoms with Crippen molar-refractivity contribution in [3.8, 4) is 0 Å². The summed E-state index contributed by atoms with van der Waals surface area (Å²) in [7, 11) is 0. The van der Waals surface area contributed by atoms with Crippen LogP contribution in [0.3, 0.4) is 0 Å². The predicted molar refractivity (Wildman–Crippen MR) is 44.8 cm³/mol. The molecule has 0 bridgehead atoms. The molecule has 1 unspecified atom stereocenters. The Balaban J connectivity index is 2.28. The molecule has 0 saturated carbocycles. The summed E-state index contributed by atoms with van der Waals surface area (Å²) in [4.78, 5) is 2.60. The van der Waals surface area contributed by atoms with E-state index in [9.17, 15) is 5.11 Å². The number of hydrogen-bond acceptors (Lipinski definition) is 4. The third-order valence-electron chi connectivity index (χ3n) is 1.97. The van der Waals surface area contributed by atoms with Gasteiger partial charge in [-0.2, -0.15) is 0 Å². The number of nitrogens with zero attached hydrogens (tertiary/aromatic N) is 3. The molecular weight excluding hydrogens is 174 g/mol. The molecule has 1 rings (SSSR count). The zero-order valence-corrected chi connectivity index (χ0v) is 7.20. The summed E-state index contributed by atoms with van der Waals surface area (Å²) in [6.07, 6.45) is -0.308.